The van der Waals surface area contributed by atoms with Crippen LogP contribution < -0.4 is 4.74 Å². The standard InChI is InChI=1S/C12H10F3N3O3/c1-20-11(19)9-4-3-8(7-18-6-2-5-16-18)10(17-9)21-12(13,14)15/h2-6H,7H2,1H3. The second-order valence-electron chi connectivity index (χ2n) is 3.90. The molecule has 0 N–H and O–H groups in total. The Kier molecular flexibility index (Phi) is 4.10. The summed E-state index contributed by atoms with van der Waals surface area (Å²) >= 11 is 0. The van der Waals surface area contributed by atoms with Crippen LogP contribution in [0.2, 0.25) is 0 Å². The highest BCUT2D eigenvalue weighted by Crippen LogP contribution is 2.25. The maximum absolute atomic E-state index is 12.4. The van der Waals surface area contributed by atoms with Crippen LogP contribution in [0.3, 0.4) is 0 Å². The molecule has 0 fully saturated rings. The number of methoxy groups -OCH3 is 1. The zero-order valence-electron chi connectivity index (χ0n) is 10.8. The number of ether oxygens (including phenoxy) is 2. The third-order valence-electron chi connectivity index (χ3n) is 2.44. The topological polar surface area (TPSA) is 66.2 Å². The smallest absolute Gasteiger partial charge is 0.464 e. The Morgan fingerprint density at radius 1 is 1.38 bits per heavy atom. The molecule has 112 valence electrons. The number of aromatic nitrogens is 3. The van der Waals surface area contributed by atoms with E-state index in [4.69, 9.17) is 0 Å². The number of carbonyl (C=O) groups excluding carboxylic acids is 1. The summed E-state index contributed by atoms with van der Waals surface area (Å²) in [6.45, 7) is 0.0207. The molecule has 6 nitrogen and oxygen atoms in total. The average molecular weight is 301 g/mol. The first-order chi connectivity index (χ1) is 9.89. The van der Waals surface area contributed by atoms with E-state index in [9.17, 15) is 18.0 Å². The molecule has 0 radical (unpaired) electrons. The minimum absolute atomic E-state index is 0.0207. The predicted octanol–water partition coefficient (Wildman–Crippen LogP) is 2.01. The molecule has 0 bridgehead atoms. The Morgan fingerprint density at radius 3 is 2.71 bits per heavy atom. The van der Waals surface area contributed by atoms with E-state index in [2.05, 4.69) is 19.6 Å². The van der Waals surface area contributed by atoms with Crippen LogP contribution in [0.1, 0.15) is 16.1 Å². The first-order valence-corrected chi connectivity index (χ1v) is 5.70. The number of carbonyl (C=O) groups is 1. The van der Waals surface area contributed by atoms with Crippen molar-refractivity contribution in [2.45, 2.75) is 12.9 Å². The summed E-state index contributed by atoms with van der Waals surface area (Å²) in [7, 11) is 1.10. The Bertz CT molecular complexity index is 626. The maximum Gasteiger partial charge on any atom is 0.574 e. The van der Waals surface area contributed by atoms with Crippen molar-refractivity contribution in [1.29, 1.82) is 0 Å². The first-order valence-electron chi connectivity index (χ1n) is 5.70. The van der Waals surface area contributed by atoms with Gasteiger partial charge < -0.3 is 9.47 Å². The molecule has 0 saturated heterocycles. The molecule has 2 rings (SSSR count). The van der Waals surface area contributed by atoms with Gasteiger partial charge in [-0.05, 0) is 18.2 Å². The molecule has 0 aliphatic carbocycles. The highest BCUT2D eigenvalue weighted by molar-refractivity contribution is 5.87. The van der Waals surface area contributed by atoms with Crippen LogP contribution in [-0.4, -0.2) is 34.2 Å². The molecule has 2 heterocycles. The summed E-state index contributed by atoms with van der Waals surface area (Å²) in [4.78, 5) is 14.9. The van der Waals surface area contributed by atoms with Gasteiger partial charge in [-0.25, -0.2) is 9.78 Å². The van der Waals surface area contributed by atoms with Crippen LogP contribution in [-0.2, 0) is 11.3 Å². The summed E-state index contributed by atoms with van der Waals surface area (Å²) < 4.78 is 46.9. The van der Waals surface area contributed by atoms with E-state index in [1.54, 1.807) is 12.3 Å². The zero-order chi connectivity index (χ0) is 15.5. The zero-order valence-corrected chi connectivity index (χ0v) is 10.8. The van der Waals surface area contributed by atoms with Crippen molar-refractivity contribution < 1.29 is 27.4 Å². The molecule has 21 heavy (non-hydrogen) atoms. The number of nitrogens with zero attached hydrogens (tertiary/aromatic N) is 3. The van der Waals surface area contributed by atoms with Crippen LogP contribution in [0.25, 0.3) is 0 Å². The molecular formula is C12H10F3N3O3. The van der Waals surface area contributed by atoms with Gasteiger partial charge in [0.05, 0.1) is 13.7 Å². The lowest BCUT2D eigenvalue weighted by atomic mass is 10.2. The van der Waals surface area contributed by atoms with Crippen molar-refractivity contribution >= 4 is 5.97 Å². The number of alkyl halides is 3. The number of hydrogen-bond acceptors (Lipinski definition) is 5. The van der Waals surface area contributed by atoms with Crippen LogP contribution in [0, 0.1) is 0 Å². The molecule has 0 spiro atoms. The second-order valence-corrected chi connectivity index (χ2v) is 3.90. The molecule has 9 heteroatoms. The Labute approximate surface area is 117 Å². The lowest BCUT2D eigenvalue weighted by Gasteiger charge is -2.13. The monoisotopic (exact) mass is 301 g/mol. The molecule has 0 atom stereocenters. The third-order valence-corrected chi connectivity index (χ3v) is 2.44. The van der Waals surface area contributed by atoms with E-state index >= 15 is 0 Å². The highest BCUT2D eigenvalue weighted by atomic mass is 19.4. The fourth-order valence-electron chi connectivity index (χ4n) is 1.57. The lowest BCUT2D eigenvalue weighted by Crippen LogP contribution is -2.20. The molecule has 0 aliphatic rings. The van der Waals surface area contributed by atoms with Crippen LogP contribution in [0.15, 0.2) is 30.6 Å². The number of rotatable bonds is 4. The van der Waals surface area contributed by atoms with Crippen LogP contribution >= 0.6 is 0 Å². The molecule has 2 aromatic heterocycles. The van der Waals surface area contributed by atoms with E-state index in [-0.39, 0.29) is 17.8 Å². The molecular weight excluding hydrogens is 291 g/mol. The summed E-state index contributed by atoms with van der Waals surface area (Å²) in [6, 6.07) is 4.19. The summed E-state index contributed by atoms with van der Waals surface area (Å²) in [5.41, 5.74) is -0.148. The van der Waals surface area contributed by atoms with Crippen molar-refractivity contribution in [1.82, 2.24) is 14.8 Å². The van der Waals surface area contributed by atoms with E-state index < -0.39 is 18.2 Å². The number of hydrogen-bond donors (Lipinski definition) is 0. The largest absolute Gasteiger partial charge is 0.574 e. The molecule has 0 aliphatic heterocycles. The van der Waals surface area contributed by atoms with Crippen molar-refractivity contribution in [3.05, 3.63) is 41.9 Å². The van der Waals surface area contributed by atoms with Gasteiger partial charge in [-0.2, -0.15) is 5.10 Å². The number of esters is 1. The van der Waals surface area contributed by atoms with Gasteiger partial charge in [0, 0.05) is 18.0 Å². The molecule has 0 amide bonds. The van der Waals surface area contributed by atoms with Crippen molar-refractivity contribution in [3.8, 4) is 5.88 Å². The summed E-state index contributed by atoms with van der Waals surface area (Å²) in [6.07, 6.45) is -1.85. The maximum atomic E-state index is 12.4. The Balaban J connectivity index is 2.36. The minimum Gasteiger partial charge on any atom is -0.464 e. The summed E-state index contributed by atoms with van der Waals surface area (Å²) in [5.74, 6) is -1.56. The average Bonchev–Trinajstić information content (AvgIpc) is 2.91. The van der Waals surface area contributed by atoms with Gasteiger partial charge in [0.25, 0.3) is 0 Å². The Hall–Kier alpha value is -2.58. The first kappa shape index (κ1) is 14.8. The van der Waals surface area contributed by atoms with Crippen molar-refractivity contribution in [2.24, 2.45) is 0 Å². The van der Waals surface area contributed by atoms with E-state index in [1.807, 2.05) is 0 Å². The van der Waals surface area contributed by atoms with Crippen LogP contribution in [0.5, 0.6) is 5.88 Å². The molecule has 0 saturated carbocycles. The normalized spacial score (nSPS) is 11.2. The predicted molar refractivity (Wildman–Crippen MR) is 63.6 cm³/mol. The van der Waals surface area contributed by atoms with E-state index in [0.29, 0.717) is 0 Å². The van der Waals surface area contributed by atoms with Gasteiger partial charge in [0.1, 0.15) is 0 Å². The van der Waals surface area contributed by atoms with E-state index in [1.165, 1.54) is 23.0 Å². The fraction of sp³-hybridized carbons (Fsp3) is 0.250. The van der Waals surface area contributed by atoms with Gasteiger partial charge >= 0.3 is 12.3 Å². The Morgan fingerprint density at radius 2 is 2.14 bits per heavy atom. The van der Waals surface area contributed by atoms with Crippen molar-refractivity contribution in [2.75, 3.05) is 7.11 Å². The molecule has 0 aromatic carbocycles. The number of pyridine rings is 1. The van der Waals surface area contributed by atoms with Gasteiger partial charge in [0.2, 0.25) is 5.88 Å². The van der Waals surface area contributed by atoms with Crippen molar-refractivity contribution in [3.63, 3.8) is 0 Å². The number of halogens is 3. The van der Waals surface area contributed by atoms with Crippen LogP contribution in [0.4, 0.5) is 13.2 Å². The molecule has 2 aromatic rings. The van der Waals surface area contributed by atoms with E-state index in [0.717, 1.165) is 7.11 Å². The van der Waals surface area contributed by atoms with Gasteiger partial charge in [-0.15, -0.1) is 13.2 Å². The lowest BCUT2D eigenvalue weighted by molar-refractivity contribution is -0.276. The van der Waals surface area contributed by atoms with Gasteiger partial charge in [0.15, 0.2) is 5.69 Å². The fourth-order valence-corrected chi connectivity index (χ4v) is 1.57. The minimum atomic E-state index is -4.92. The summed E-state index contributed by atoms with van der Waals surface area (Å²) in [5, 5.41) is 3.88. The van der Waals surface area contributed by atoms with Gasteiger partial charge in [-0.1, -0.05) is 0 Å². The second kappa shape index (κ2) is 5.81. The quantitative estimate of drug-likeness (QED) is 0.808. The van der Waals surface area contributed by atoms with Gasteiger partial charge in [-0.3, -0.25) is 4.68 Å². The SMILES string of the molecule is COC(=O)c1ccc(Cn2cccn2)c(OC(F)(F)F)n1. The third kappa shape index (κ3) is 3.94. The molecule has 0 unspecified atom stereocenters. The highest BCUT2D eigenvalue weighted by Gasteiger charge is 2.33.